The van der Waals surface area contributed by atoms with Crippen molar-refractivity contribution in [3.05, 3.63) is 48.0 Å². The van der Waals surface area contributed by atoms with Gasteiger partial charge in [0, 0.05) is 28.6 Å². The highest BCUT2D eigenvalue weighted by Crippen LogP contribution is 2.37. The molecule has 0 bridgehead atoms. The van der Waals surface area contributed by atoms with E-state index in [1.54, 1.807) is 18.2 Å². The van der Waals surface area contributed by atoms with E-state index < -0.39 is 0 Å². The Balaban J connectivity index is 2.17. The van der Waals surface area contributed by atoms with Crippen molar-refractivity contribution in [1.82, 2.24) is 4.98 Å². The molecule has 2 N–H and O–H groups in total. The first-order chi connectivity index (χ1) is 11.0. The van der Waals surface area contributed by atoms with Crippen LogP contribution in [0.15, 0.2) is 42.5 Å². The molecule has 4 nitrogen and oxygen atoms in total. The van der Waals surface area contributed by atoms with Gasteiger partial charge in [-0.2, -0.15) is 0 Å². The zero-order valence-electron chi connectivity index (χ0n) is 12.8. The largest absolute Gasteiger partial charge is 0.508 e. The second-order valence-electron chi connectivity index (χ2n) is 5.72. The van der Waals surface area contributed by atoms with Crippen molar-refractivity contribution in [1.29, 1.82) is 0 Å². The van der Waals surface area contributed by atoms with Gasteiger partial charge in [-0.25, -0.2) is 0 Å². The molecule has 1 aromatic heterocycles. The lowest BCUT2D eigenvalue weighted by atomic mass is 10.0. The number of rotatable bonds is 1. The fourth-order valence-electron chi connectivity index (χ4n) is 3.19. The molecular weight excluding hydrogens is 290 g/mol. The highest BCUT2D eigenvalue weighted by atomic mass is 16.5. The van der Waals surface area contributed by atoms with E-state index in [0.717, 1.165) is 38.1 Å². The first kappa shape index (κ1) is 13.6. The van der Waals surface area contributed by atoms with Crippen LogP contribution in [0.5, 0.6) is 11.5 Å². The second kappa shape index (κ2) is 4.74. The quantitative estimate of drug-likeness (QED) is 0.404. The van der Waals surface area contributed by atoms with E-state index in [1.165, 1.54) is 6.92 Å². The van der Waals surface area contributed by atoms with Crippen molar-refractivity contribution >= 4 is 38.5 Å². The number of carbonyl (C=O) groups excluding carboxylic acids is 1. The van der Waals surface area contributed by atoms with Crippen LogP contribution in [0.3, 0.4) is 0 Å². The lowest BCUT2D eigenvalue weighted by Gasteiger charge is -2.09. The van der Waals surface area contributed by atoms with Crippen molar-refractivity contribution < 1.29 is 14.6 Å². The monoisotopic (exact) mass is 305 g/mol. The van der Waals surface area contributed by atoms with Gasteiger partial charge in [-0.3, -0.25) is 4.79 Å². The molecule has 0 saturated carbocycles. The summed E-state index contributed by atoms with van der Waals surface area (Å²) in [4.78, 5) is 14.8. The van der Waals surface area contributed by atoms with Crippen LogP contribution in [0, 0.1) is 6.92 Å². The standard InChI is InChI=1S/C19H15NO3/c1-10-13-4-3-5-18(23-11(2)21)15(13)9-16-14-8-12(22)6-7-17(14)20-19(10)16/h3-9,20,22H,1-2H3. The summed E-state index contributed by atoms with van der Waals surface area (Å²) in [6.45, 7) is 3.44. The number of fused-ring (bicyclic) bond motifs is 4. The van der Waals surface area contributed by atoms with Crippen LogP contribution in [0.25, 0.3) is 32.6 Å². The molecular formula is C19H15NO3. The van der Waals surface area contributed by atoms with Gasteiger partial charge in [0.25, 0.3) is 0 Å². The number of aromatic hydroxyl groups is 1. The maximum atomic E-state index is 11.4. The summed E-state index contributed by atoms with van der Waals surface area (Å²) in [6.07, 6.45) is 0. The normalized spacial score (nSPS) is 11.4. The van der Waals surface area contributed by atoms with Crippen molar-refractivity contribution in [3.8, 4) is 11.5 Å². The fourth-order valence-corrected chi connectivity index (χ4v) is 3.19. The third-order valence-electron chi connectivity index (χ3n) is 4.21. The molecule has 0 aliphatic heterocycles. The van der Waals surface area contributed by atoms with E-state index in [9.17, 15) is 9.90 Å². The number of aryl methyl sites for hydroxylation is 1. The first-order valence-corrected chi connectivity index (χ1v) is 7.40. The predicted molar refractivity (Wildman–Crippen MR) is 91.0 cm³/mol. The Morgan fingerprint density at radius 2 is 1.87 bits per heavy atom. The summed E-state index contributed by atoms with van der Waals surface area (Å²) >= 11 is 0. The lowest BCUT2D eigenvalue weighted by Crippen LogP contribution is -2.01. The van der Waals surface area contributed by atoms with Crippen molar-refractivity contribution in [2.75, 3.05) is 0 Å². The maximum absolute atomic E-state index is 11.4. The molecule has 0 atom stereocenters. The van der Waals surface area contributed by atoms with Crippen LogP contribution in [0.1, 0.15) is 12.5 Å². The fraction of sp³-hybridized carbons (Fsp3) is 0.105. The van der Waals surface area contributed by atoms with E-state index in [-0.39, 0.29) is 11.7 Å². The van der Waals surface area contributed by atoms with E-state index in [4.69, 9.17) is 4.74 Å². The Hall–Kier alpha value is -3.01. The van der Waals surface area contributed by atoms with Gasteiger partial charge in [0.2, 0.25) is 0 Å². The molecule has 0 aliphatic rings. The molecule has 4 heteroatoms. The summed E-state index contributed by atoms with van der Waals surface area (Å²) < 4.78 is 5.35. The minimum Gasteiger partial charge on any atom is -0.508 e. The first-order valence-electron chi connectivity index (χ1n) is 7.40. The average Bonchev–Trinajstić information content (AvgIpc) is 2.86. The summed E-state index contributed by atoms with van der Waals surface area (Å²) in [7, 11) is 0. The molecule has 23 heavy (non-hydrogen) atoms. The summed E-state index contributed by atoms with van der Waals surface area (Å²) in [6, 6.07) is 13.0. The van der Waals surface area contributed by atoms with E-state index in [0.29, 0.717) is 5.75 Å². The van der Waals surface area contributed by atoms with Gasteiger partial charge in [0.1, 0.15) is 11.5 Å². The zero-order valence-corrected chi connectivity index (χ0v) is 12.8. The number of phenolic OH excluding ortho intramolecular Hbond substituents is 1. The highest BCUT2D eigenvalue weighted by Gasteiger charge is 2.13. The Bertz CT molecular complexity index is 1090. The van der Waals surface area contributed by atoms with Crippen LogP contribution >= 0.6 is 0 Å². The van der Waals surface area contributed by atoms with Crippen LogP contribution in [0.2, 0.25) is 0 Å². The van der Waals surface area contributed by atoms with Gasteiger partial charge in [-0.1, -0.05) is 12.1 Å². The molecule has 0 fully saturated rings. The molecule has 0 saturated heterocycles. The number of H-pyrrole nitrogens is 1. The topological polar surface area (TPSA) is 62.3 Å². The number of aromatic amines is 1. The van der Waals surface area contributed by atoms with Gasteiger partial charge in [0.05, 0.1) is 5.52 Å². The number of nitrogens with one attached hydrogen (secondary N) is 1. The smallest absolute Gasteiger partial charge is 0.308 e. The number of hydrogen-bond acceptors (Lipinski definition) is 3. The molecule has 0 amide bonds. The van der Waals surface area contributed by atoms with E-state index >= 15 is 0 Å². The maximum Gasteiger partial charge on any atom is 0.308 e. The number of carbonyl (C=O) groups is 1. The van der Waals surface area contributed by atoms with Crippen molar-refractivity contribution in [2.24, 2.45) is 0 Å². The summed E-state index contributed by atoms with van der Waals surface area (Å²) in [5.74, 6) is 0.436. The molecule has 4 rings (SSSR count). The Labute approximate surface area is 132 Å². The molecule has 0 spiro atoms. The van der Waals surface area contributed by atoms with Crippen LogP contribution < -0.4 is 4.74 Å². The Morgan fingerprint density at radius 1 is 1.04 bits per heavy atom. The molecule has 0 aliphatic carbocycles. The van der Waals surface area contributed by atoms with Gasteiger partial charge < -0.3 is 14.8 Å². The molecule has 0 radical (unpaired) electrons. The molecule has 114 valence electrons. The van der Waals surface area contributed by atoms with Crippen molar-refractivity contribution in [3.63, 3.8) is 0 Å². The average molecular weight is 305 g/mol. The molecule has 0 unspecified atom stereocenters. The Morgan fingerprint density at radius 3 is 2.65 bits per heavy atom. The van der Waals surface area contributed by atoms with Gasteiger partial charge in [0.15, 0.2) is 0 Å². The van der Waals surface area contributed by atoms with E-state index in [1.807, 2.05) is 31.2 Å². The third kappa shape index (κ3) is 2.03. The lowest BCUT2D eigenvalue weighted by molar-refractivity contribution is -0.131. The number of hydrogen-bond donors (Lipinski definition) is 2. The van der Waals surface area contributed by atoms with Crippen LogP contribution in [0.4, 0.5) is 0 Å². The zero-order chi connectivity index (χ0) is 16.1. The third-order valence-corrected chi connectivity index (χ3v) is 4.21. The SMILES string of the molecule is CC(=O)Oc1cccc2c(C)c3[nH]c4ccc(O)cc4c3cc12. The van der Waals surface area contributed by atoms with Crippen LogP contribution in [-0.4, -0.2) is 16.1 Å². The summed E-state index contributed by atoms with van der Waals surface area (Å²) in [5.41, 5.74) is 3.07. The van der Waals surface area contributed by atoms with Crippen molar-refractivity contribution in [2.45, 2.75) is 13.8 Å². The van der Waals surface area contributed by atoms with Crippen LogP contribution in [-0.2, 0) is 4.79 Å². The van der Waals surface area contributed by atoms with Gasteiger partial charge in [-0.15, -0.1) is 0 Å². The number of ether oxygens (including phenoxy) is 1. The number of aromatic nitrogens is 1. The van der Waals surface area contributed by atoms with E-state index in [2.05, 4.69) is 4.98 Å². The molecule has 3 aromatic carbocycles. The molecule has 1 heterocycles. The molecule has 4 aromatic rings. The second-order valence-corrected chi connectivity index (χ2v) is 5.72. The highest BCUT2D eigenvalue weighted by molar-refractivity contribution is 6.15. The minimum absolute atomic E-state index is 0.226. The number of benzene rings is 3. The summed E-state index contributed by atoms with van der Waals surface area (Å²) in [5, 5.41) is 13.6. The van der Waals surface area contributed by atoms with Gasteiger partial charge >= 0.3 is 5.97 Å². The predicted octanol–water partition coefficient (Wildman–Crippen LogP) is 4.41. The van der Waals surface area contributed by atoms with Gasteiger partial charge in [-0.05, 0) is 48.2 Å². The minimum atomic E-state index is -0.341. The number of phenols is 1. The Kier molecular flexibility index (Phi) is 2.81. The number of esters is 1.